The van der Waals surface area contributed by atoms with E-state index in [4.69, 9.17) is 5.11 Å². The van der Waals surface area contributed by atoms with Crippen molar-refractivity contribution >= 4 is 5.97 Å². The van der Waals surface area contributed by atoms with Crippen molar-refractivity contribution in [2.24, 2.45) is 5.92 Å². The number of hydrogen-bond acceptors (Lipinski definition) is 5. The molecule has 2 aromatic rings. The van der Waals surface area contributed by atoms with E-state index in [-0.39, 0.29) is 6.54 Å². The number of nitrogens with zero attached hydrogens (tertiary/aromatic N) is 5. The Balaban J connectivity index is 2.30. The number of carboxylic acid groups (broad SMARTS) is 1. The zero-order chi connectivity index (χ0) is 13.1. The third kappa shape index (κ3) is 2.50. The molecule has 0 radical (unpaired) electrons. The molecule has 0 spiro atoms. The Bertz CT molecular complexity index is 566. The summed E-state index contributed by atoms with van der Waals surface area (Å²) in [5.41, 5.74) is 1.49. The van der Waals surface area contributed by atoms with Crippen molar-refractivity contribution in [1.82, 2.24) is 25.2 Å². The molecular weight excluding hydrogens is 234 g/mol. The molecule has 2 heterocycles. The molecule has 94 valence electrons. The van der Waals surface area contributed by atoms with Gasteiger partial charge < -0.3 is 5.11 Å². The van der Waals surface area contributed by atoms with Crippen molar-refractivity contribution in [2.75, 3.05) is 0 Å². The summed E-state index contributed by atoms with van der Waals surface area (Å²) in [4.78, 5) is 15.1. The van der Waals surface area contributed by atoms with Gasteiger partial charge in [0.15, 0.2) is 0 Å². The molecule has 0 aromatic carbocycles. The lowest BCUT2D eigenvalue weighted by molar-refractivity contribution is -0.141. The summed E-state index contributed by atoms with van der Waals surface area (Å²) in [7, 11) is 0. The molecule has 1 N–H and O–H groups in total. The maximum absolute atomic E-state index is 10.8. The molecule has 0 bridgehead atoms. The fourth-order valence-corrected chi connectivity index (χ4v) is 1.52. The predicted octanol–water partition coefficient (Wildman–Crippen LogP) is 0.764. The number of aliphatic carboxylic acids is 1. The summed E-state index contributed by atoms with van der Waals surface area (Å²) >= 11 is 0. The van der Waals surface area contributed by atoms with Crippen LogP contribution in [0.25, 0.3) is 11.5 Å². The molecule has 0 aliphatic rings. The maximum Gasteiger partial charge on any atom is 0.308 e. The maximum atomic E-state index is 10.8. The minimum absolute atomic E-state index is 0.216. The largest absolute Gasteiger partial charge is 0.481 e. The third-order valence-electron chi connectivity index (χ3n) is 2.52. The van der Waals surface area contributed by atoms with Crippen LogP contribution in [0.2, 0.25) is 0 Å². The number of aryl methyl sites for hydroxylation is 1. The Morgan fingerprint density at radius 1 is 1.50 bits per heavy atom. The highest BCUT2D eigenvalue weighted by atomic mass is 16.4. The van der Waals surface area contributed by atoms with E-state index >= 15 is 0 Å². The van der Waals surface area contributed by atoms with Crippen molar-refractivity contribution in [3.8, 4) is 11.5 Å². The molecule has 0 amide bonds. The smallest absolute Gasteiger partial charge is 0.308 e. The van der Waals surface area contributed by atoms with Crippen LogP contribution in [0.15, 0.2) is 18.2 Å². The molecule has 2 rings (SSSR count). The average Bonchev–Trinajstić information content (AvgIpc) is 2.77. The highest BCUT2D eigenvalue weighted by molar-refractivity contribution is 5.69. The number of hydrogen-bond donors (Lipinski definition) is 1. The molecule has 0 aliphatic carbocycles. The zero-order valence-corrected chi connectivity index (χ0v) is 10.1. The molecule has 7 heteroatoms. The van der Waals surface area contributed by atoms with Gasteiger partial charge in [-0.25, -0.2) is 9.67 Å². The van der Waals surface area contributed by atoms with E-state index in [1.54, 1.807) is 13.0 Å². The van der Waals surface area contributed by atoms with E-state index in [1.165, 1.54) is 4.68 Å². The topological polar surface area (TPSA) is 93.8 Å². The van der Waals surface area contributed by atoms with E-state index in [0.717, 1.165) is 5.69 Å². The summed E-state index contributed by atoms with van der Waals surface area (Å²) in [5.74, 6) is -0.961. The number of rotatable bonds is 4. The molecule has 1 unspecified atom stereocenters. The van der Waals surface area contributed by atoms with Gasteiger partial charge in [-0.05, 0) is 29.5 Å². The molecule has 2 aromatic heterocycles. The van der Waals surface area contributed by atoms with Gasteiger partial charge in [-0.1, -0.05) is 13.0 Å². The molecule has 18 heavy (non-hydrogen) atoms. The van der Waals surface area contributed by atoms with Gasteiger partial charge in [0.25, 0.3) is 0 Å². The quantitative estimate of drug-likeness (QED) is 0.857. The normalized spacial score (nSPS) is 12.3. The number of carbonyl (C=O) groups is 1. The Kier molecular flexibility index (Phi) is 3.31. The monoisotopic (exact) mass is 247 g/mol. The van der Waals surface area contributed by atoms with Crippen LogP contribution in [0.4, 0.5) is 0 Å². The molecule has 7 nitrogen and oxygen atoms in total. The predicted molar refractivity (Wildman–Crippen MR) is 62.6 cm³/mol. The van der Waals surface area contributed by atoms with Gasteiger partial charge in [0.2, 0.25) is 5.82 Å². The van der Waals surface area contributed by atoms with E-state index in [1.807, 2.05) is 19.1 Å². The lowest BCUT2D eigenvalue weighted by Crippen LogP contribution is -2.18. The van der Waals surface area contributed by atoms with Gasteiger partial charge in [-0.2, -0.15) is 0 Å². The molecule has 0 aliphatic heterocycles. The number of aromatic nitrogens is 5. The first-order valence-electron chi connectivity index (χ1n) is 5.51. The van der Waals surface area contributed by atoms with Crippen molar-refractivity contribution in [2.45, 2.75) is 20.4 Å². The van der Waals surface area contributed by atoms with E-state index in [2.05, 4.69) is 20.5 Å². The van der Waals surface area contributed by atoms with Crippen LogP contribution in [-0.4, -0.2) is 36.3 Å². The van der Waals surface area contributed by atoms with Gasteiger partial charge in [-0.3, -0.25) is 4.79 Å². The summed E-state index contributed by atoms with van der Waals surface area (Å²) in [5, 5.41) is 20.1. The van der Waals surface area contributed by atoms with Gasteiger partial charge in [0.05, 0.1) is 12.5 Å². The first-order chi connectivity index (χ1) is 8.58. The van der Waals surface area contributed by atoms with Gasteiger partial charge in [0, 0.05) is 5.69 Å². The molecule has 1 atom stereocenters. The number of carboxylic acids is 1. The van der Waals surface area contributed by atoms with Gasteiger partial charge in [-0.15, -0.1) is 5.10 Å². The van der Waals surface area contributed by atoms with Crippen LogP contribution in [-0.2, 0) is 11.3 Å². The molecular formula is C11H13N5O2. The Morgan fingerprint density at radius 2 is 2.28 bits per heavy atom. The van der Waals surface area contributed by atoms with Crippen molar-refractivity contribution in [3.05, 3.63) is 23.9 Å². The van der Waals surface area contributed by atoms with E-state index in [9.17, 15) is 4.79 Å². The zero-order valence-electron chi connectivity index (χ0n) is 10.1. The van der Waals surface area contributed by atoms with Gasteiger partial charge >= 0.3 is 5.97 Å². The summed E-state index contributed by atoms with van der Waals surface area (Å²) in [6, 6.07) is 5.52. The molecule has 0 fully saturated rings. The van der Waals surface area contributed by atoms with E-state index in [0.29, 0.717) is 11.5 Å². The Morgan fingerprint density at radius 3 is 2.94 bits per heavy atom. The van der Waals surface area contributed by atoms with E-state index < -0.39 is 11.9 Å². The minimum Gasteiger partial charge on any atom is -0.481 e. The van der Waals surface area contributed by atoms with Crippen LogP contribution in [0.5, 0.6) is 0 Å². The summed E-state index contributed by atoms with van der Waals surface area (Å²) in [6.45, 7) is 3.70. The molecule has 0 saturated carbocycles. The first-order valence-corrected chi connectivity index (χ1v) is 5.51. The average molecular weight is 247 g/mol. The third-order valence-corrected chi connectivity index (χ3v) is 2.52. The lowest BCUT2D eigenvalue weighted by atomic mass is 10.2. The van der Waals surface area contributed by atoms with Crippen LogP contribution < -0.4 is 0 Å². The second kappa shape index (κ2) is 4.91. The van der Waals surface area contributed by atoms with Crippen molar-refractivity contribution in [3.63, 3.8) is 0 Å². The minimum atomic E-state index is -0.881. The Hall–Kier alpha value is -2.31. The number of tetrazole rings is 1. The van der Waals surface area contributed by atoms with Crippen molar-refractivity contribution in [1.29, 1.82) is 0 Å². The SMILES string of the molecule is Cc1cccc(-c2nnnn2CC(C)C(=O)O)n1. The molecule has 0 saturated heterocycles. The van der Waals surface area contributed by atoms with Gasteiger partial charge in [0.1, 0.15) is 5.69 Å². The fourth-order valence-electron chi connectivity index (χ4n) is 1.52. The highest BCUT2D eigenvalue weighted by Crippen LogP contribution is 2.14. The van der Waals surface area contributed by atoms with Crippen LogP contribution in [0.1, 0.15) is 12.6 Å². The van der Waals surface area contributed by atoms with Crippen LogP contribution in [0, 0.1) is 12.8 Å². The second-order valence-corrected chi connectivity index (χ2v) is 4.09. The highest BCUT2D eigenvalue weighted by Gasteiger charge is 2.17. The van der Waals surface area contributed by atoms with Crippen LogP contribution in [0.3, 0.4) is 0 Å². The fraction of sp³-hybridized carbons (Fsp3) is 0.364. The van der Waals surface area contributed by atoms with Crippen LogP contribution >= 0.6 is 0 Å². The summed E-state index contributed by atoms with van der Waals surface area (Å²) in [6.07, 6.45) is 0. The number of pyridine rings is 1. The standard InChI is InChI=1S/C11H13N5O2/c1-7(11(17)18)6-16-10(13-14-15-16)9-5-3-4-8(2)12-9/h3-5,7H,6H2,1-2H3,(H,17,18). The first kappa shape index (κ1) is 12.2. The van der Waals surface area contributed by atoms with Crippen molar-refractivity contribution < 1.29 is 9.90 Å². The Labute approximate surface area is 103 Å². The lowest BCUT2D eigenvalue weighted by Gasteiger charge is -2.07. The second-order valence-electron chi connectivity index (χ2n) is 4.09. The summed E-state index contributed by atoms with van der Waals surface area (Å²) < 4.78 is 1.46.